The molecular formula is C14H24N4. The molecule has 0 amide bonds. The molecule has 0 spiro atoms. The number of rotatable bonds is 7. The average Bonchev–Trinajstić information content (AvgIpc) is 2.36. The molecule has 100 valence electrons. The third-order valence-electron chi connectivity index (χ3n) is 3.67. The molecule has 1 aliphatic rings. The van der Waals surface area contributed by atoms with Crippen LogP contribution in [0.1, 0.15) is 38.8 Å². The van der Waals surface area contributed by atoms with E-state index in [0.29, 0.717) is 0 Å². The summed E-state index contributed by atoms with van der Waals surface area (Å²) in [5.41, 5.74) is 1.01. The minimum Gasteiger partial charge on any atom is -0.355 e. The van der Waals surface area contributed by atoms with Crippen LogP contribution in [0, 0.1) is 5.92 Å². The van der Waals surface area contributed by atoms with Crippen LogP contribution in [0.5, 0.6) is 0 Å². The van der Waals surface area contributed by atoms with Crippen LogP contribution < -0.4 is 10.2 Å². The van der Waals surface area contributed by atoms with Gasteiger partial charge in [-0.05, 0) is 44.4 Å². The second-order valence-electron chi connectivity index (χ2n) is 5.00. The van der Waals surface area contributed by atoms with E-state index in [1.54, 1.807) is 0 Å². The van der Waals surface area contributed by atoms with Crippen molar-refractivity contribution in [2.45, 2.75) is 39.7 Å². The molecule has 18 heavy (non-hydrogen) atoms. The molecule has 0 aromatic carbocycles. The Morgan fingerprint density at radius 2 is 2.11 bits per heavy atom. The van der Waals surface area contributed by atoms with E-state index in [9.17, 15) is 0 Å². The van der Waals surface area contributed by atoms with E-state index in [1.165, 1.54) is 19.3 Å². The minimum atomic E-state index is 0.804. The zero-order chi connectivity index (χ0) is 12.8. The maximum Gasteiger partial charge on any atom is 0.151 e. The minimum absolute atomic E-state index is 0.804. The summed E-state index contributed by atoms with van der Waals surface area (Å²) in [6.07, 6.45) is 4.15. The molecule has 0 radical (unpaired) electrons. The van der Waals surface area contributed by atoms with Crippen molar-refractivity contribution in [1.29, 1.82) is 0 Å². The van der Waals surface area contributed by atoms with Gasteiger partial charge in [-0.2, -0.15) is 5.10 Å². The highest BCUT2D eigenvalue weighted by Crippen LogP contribution is 2.28. The number of hydrogen-bond acceptors (Lipinski definition) is 4. The predicted molar refractivity (Wildman–Crippen MR) is 74.6 cm³/mol. The molecule has 1 saturated carbocycles. The molecule has 4 heteroatoms. The van der Waals surface area contributed by atoms with Crippen LogP contribution in [0.4, 0.5) is 5.82 Å². The van der Waals surface area contributed by atoms with Crippen LogP contribution in [-0.2, 0) is 6.54 Å². The molecule has 0 aliphatic heterocycles. The van der Waals surface area contributed by atoms with Crippen LogP contribution in [0.15, 0.2) is 12.1 Å². The highest BCUT2D eigenvalue weighted by atomic mass is 15.3. The van der Waals surface area contributed by atoms with E-state index in [1.807, 2.05) is 0 Å². The predicted octanol–water partition coefficient (Wildman–Crippen LogP) is 2.21. The quantitative estimate of drug-likeness (QED) is 0.803. The molecule has 0 atom stereocenters. The first kappa shape index (κ1) is 13.3. The maximum atomic E-state index is 4.35. The topological polar surface area (TPSA) is 41.0 Å². The number of hydrogen-bond donors (Lipinski definition) is 1. The summed E-state index contributed by atoms with van der Waals surface area (Å²) < 4.78 is 0. The second-order valence-corrected chi connectivity index (χ2v) is 5.00. The van der Waals surface area contributed by atoms with Gasteiger partial charge >= 0.3 is 0 Å². The van der Waals surface area contributed by atoms with E-state index in [0.717, 1.165) is 43.6 Å². The first-order valence-corrected chi connectivity index (χ1v) is 7.11. The standard InChI is InChI=1S/C14H24N4/c1-3-15-10-13-8-9-14(17-16-13)18(4-2)11-12-6-5-7-12/h8-9,12,15H,3-7,10-11H2,1-2H3. The molecule has 0 bridgehead atoms. The number of nitrogens with zero attached hydrogens (tertiary/aromatic N) is 3. The van der Waals surface area contributed by atoms with Crippen LogP contribution in [0.3, 0.4) is 0 Å². The van der Waals surface area contributed by atoms with Crippen molar-refractivity contribution in [2.24, 2.45) is 5.92 Å². The van der Waals surface area contributed by atoms with Crippen LogP contribution in [0.2, 0.25) is 0 Å². The molecule has 2 rings (SSSR count). The van der Waals surface area contributed by atoms with Gasteiger partial charge < -0.3 is 10.2 Å². The number of nitrogens with one attached hydrogen (secondary N) is 1. The van der Waals surface area contributed by atoms with Gasteiger partial charge in [-0.3, -0.25) is 0 Å². The summed E-state index contributed by atoms with van der Waals surface area (Å²) in [6, 6.07) is 4.18. The zero-order valence-corrected chi connectivity index (χ0v) is 11.5. The highest BCUT2D eigenvalue weighted by Gasteiger charge is 2.20. The second kappa shape index (κ2) is 6.69. The van der Waals surface area contributed by atoms with Crippen molar-refractivity contribution in [2.75, 3.05) is 24.5 Å². The fourth-order valence-corrected chi connectivity index (χ4v) is 2.24. The van der Waals surface area contributed by atoms with Gasteiger partial charge in [-0.15, -0.1) is 5.10 Å². The molecule has 1 heterocycles. The van der Waals surface area contributed by atoms with Gasteiger partial charge in [-0.25, -0.2) is 0 Å². The van der Waals surface area contributed by atoms with E-state index in [4.69, 9.17) is 0 Å². The zero-order valence-electron chi connectivity index (χ0n) is 11.5. The van der Waals surface area contributed by atoms with Gasteiger partial charge in [0.05, 0.1) is 5.69 Å². The molecule has 4 nitrogen and oxygen atoms in total. The highest BCUT2D eigenvalue weighted by molar-refractivity contribution is 5.37. The van der Waals surface area contributed by atoms with Crippen molar-refractivity contribution in [3.8, 4) is 0 Å². The lowest BCUT2D eigenvalue weighted by Crippen LogP contribution is -2.33. The molecule has 0 saturated heterocycles. The molecule has 1 aliphatic carbocycles. The van der Waals surface area contributed by atoms with Crippen molar-refractivity contribution in [3.05, 3.63) is 17.8 Å². The maximum absolute atomic E-state index is 4.35. The van der Waals surface area contributed by atoms with Crippen LogP contribution in [0.25, 0.3) is 0 Å². The van der Waals surface area contributed by atoms with E-state index >= 15 is 0 Å². The lowest BCUT2D eigenvalue weighted by Gasteiger charge is -2.32. The first-order chi connectivity index (χ1) is 8.83. The Labute approximate surface area is 110 Å². The molecule has 1 aromatic heterocycles. The van der Waals surface area contributed by atoms with Gasteiger partial charge in [0.1, 0.15) is 0 Å². The summed E-state index contributed by atoms with van der Waals surface area (Å²) in [5.74, 6) is 1.89. The van der Waals surface area contributed by atoms with E-state index in [2.05, 4.69) is 46.4 Å². The lowest BCUT2D eigenvalue weighted by atomic mass is 9.85. The largest absolute Gasteiger partial charge is 0.355 e. The smallest absolute Gasteiger partial charge is 0.151 e. The fourth-order valence-electron chi connectivity index (χ4n) is 2.24. The average molecular weight is 248 g/mol. The third kappa shape index (κ3) is 3.42. The van der Waals surface area contributed by atoms with E-state index in [-0.39, 0.29) is 0 Å². The molecule has 1 fully saturated rings. The first-order valence-electron chi connectivity index (χ1n) is 7.11. The third-order valence-corrected chi connectivity index (χ3v) is 3.67. The van der Waals surface area contributed by atoms with Crippen LogP contribution in [-0.4, -0.2) is 29.8 Å². The SMILES string of the molecule is CCNCc1ccc(N(CC)CC2CCC2)nn1. The van der Waals surface area contributed by atoms with Gasteiger partial charge in [0.15, 0.2) is 5.82 Å². The van der Waals surface area contributed by atoms with Gasteiger partial charge in [-0.1, -0.05) is 13.3 Å². The summed E-state index contributed by atoms with van der Waals surface area (Å²) in [7, 11) is 0. The molecule has 1 N–H and O–H groups in total. The van der Waals surface area contributed by atoms with Crippen LogP contribution >= 0.6 is 0 Å². The lowest BCUT2D eigenvalue weighted by molar-refractivity contribution is 0.318. The Bertz CT molecular complexity index is 345. The Morgan fingerprint density at radius 3 is 2.61 bits per heavy atom. The molecular weight excluding hydrogens is 224 g/mol. The van der Waals surface area contributed by atoms with Crippen molar-refractivity contribution in [3.63, 3.8) is 0 Å². The molecule has 0 unspecified atom stereocenters. The van der Waals surface area contributed by atoms with Crippen molar-refractivity contribution < 1.29 is 0 Å². The Kier molecular flexibility index (Phi) is 4.93. The van der Waals surface area contributed by atoms with Gasteiger partial charge in [0.25, 0.3) is 0 Å². The Balaban J connectivity index is 1.92. The molecule has 1 aromatic rings. The summed E-state index contributed by atoms with van der Waals surface area (Å²) in [6.45, 7) is 8.20. The van der Waals surface area contributed by atoms with Crippen molar-refractivity contribution in [1.82, 2.24) is 15.5 Å². The summed E-state index contributed by atoms with van der Waals surface area (Å²) >= 11 is 0. The monoisotopic (exact) mass is 248 g/mol. The van der Waals surface area contributed by atoms with Gasteiger partial charge in [0, 0.05) is 19.6 Å². The van der Waals surface area contributed by atoms with E-state index < -0.39 is 0 Å². The number of aromatic nitrogens is 2. The summed E-state index contributed by atoms with van der Waals surface area (Å²) in [5, 5.41) is 11.9. The van der Waals surface area contributed by atoms with Crippen molar-refractivity contribution >= 4 is 5.82 Å². The Hall–Kier alpha value is -1.16. The fraction of sp³-hybridized carbons (Fsp3) is 0.714. The van der Waals surface area contributed by atoms with Gasteiger partial charge in [0.2, 0.25) is 0 Å². The Morgan fingerprint density at radius 1 is 1.28 bits per heavy atom. The summed E-state index contributed by atoms with van der Waals surface area (Å²) in [4.78, 5) is 2.34. The number of anilines is 1. The normalized spacial score (nSPS) is 15.4.